The number of ether oxygens (including phenoxy) is 2. The number of benzene rings is 2. The van der Waals surface area contributed by atoms with Gasteiger partial charge in [-0.15, -0.1) is 0 Å². The maximum absolute atomic E-state index is 12.2. The average Bonchev–Trinajstić information content (AvgIpc) is 2.73. The SMILES string of the molecule is CCN(CC)[C@@H](CNC(=O)COCc1cccc(OC)c1)Cc1ccccc1. The minimum Gasteiger partial charge on any atom is -0.497 e. The predicted molar refractivity (Wildman–Crippen MR) is 113 cm³/mol. The lowest BCUT2D eigenvalue weighted by Crippen LogP contribution is -2.45. The molecule has 28 heavy (non-hydrogen) atoms. The molecule has 5 nitrogen and oxygen atoms in total. The molecule has 0 heterocycles. The van der Waals surface area contributed by atoms with Gasteiger partial charge in [0.1, 0.15) is 12.4 Å². The van der Waals surface area contributed by atoms with Gasteiger partial charge >= 0.3 is 0 Å². The van der Waals surface area contributed by atoms with E-state index in [1.807, 2.05) is 30.3 Å². The van der Waals surface area contributed by atoms with E-state index in [1.54, 1.807) is 7.11 Å². The monoisotopic (exact) mass is 384 g/mol. The molecule has 0 saturated carbocycles. The van der Waals surface area contributed by atoms with Gasteiger partial charge in [0.25, 0.3) is 0 Å². The molecule has 0 radical (unpaired) electrons. The molecule has 0 fully saturated rings. The van der Waals surface area contributed by atoms with Crippen molar-refractivity contribution in [1.29, 1.82) is 0 Å². The molecule has 0 aliphatic rings. The van der Waals surface area contributed by atoms with Crippen molar-refractivity contribution in [2.24, 2.45) is 0 Å². The summed E-state index contributed by atoms with van der Waals surface area (Å²) in [5.74, 6) is 0.696. The number of nitrogens with one attached hydrogen (secondary N) is 1. The number of methoxy groups -OCH3 is 1. The first-order valence-corrected chi connectivity index (χ1v) is 9.91. The summed E-state index contributed by atoms with van der Waals surface area (Å²) in [6.45, 7) is 7.26. The molecule has 152 valence electrons. The van der Waals surface area contributed by atoms with Crippen LogP contribution in [0.15, 0.2) is 54.6 Å². The van der Waals surface area contributed by atoms with Crippen LogP contribution < -0.4 is 10.1 Å². The number of amides is 1. The van der Waals surface area contributed by atoms with Crippen LogP contribution in [0.1, 0.15) is 25.0 Å². The van der Waals surface area contributed by atoms with Crippen molar-refractivity contribution in [3.8, 4) is 5.75 Å². The van der Waals surface area contributed by atoms with E-state index in [0.29, 0.717) is 13.2 Å². The van der Waals surface area contributed by atoms with Crippen LogP contribution in [-0.2, 0) is 22.6 Å². The van der Waals surface area contributed by atoms with E-state index in [1.165, 1.54) is 5.56 Å². The average molecular weight is 385 g/mol. The molecule has 0 spiro atoms. The van der Waals surface area contributed by atoms with Crippen LogP contribution in [0, 0.1) is 0 Å². The lowest BCUT2D eigenvalue weighted by Gasteiger charge is -2.30. The van der Waals surface area contributed by atoms with E-state index in [9.17, 15) is 4.79 Å². The molecule has 2 aromatic rings. The quantitative estimate of drug-likeness (QED) is 0.610. The van der Waals surface area contributed by atoms with Crippen molar-refractivity contribution in [3.05, 3.63) is 65.7 Å². The fraction of sp³-hybridized carbons (Fsp3) is 0.435. The number of hydrogen-bond donors (Lipinski definition) is 1. The minimum absolute atomic E-state index is 0.0491. The number of likely N-dealkylation sites (N-methyl/N-ethyl adjacent to an activating group) is 1. The minimum atomic E-state index is -0.0897. The Hall–Kier alpha value is -2.37. The second kappa shape index (κ2) is 12.2. The summed E-state index contributed by atoms with van der Waals surface area (Å²) < 4.78 is 10.8. The van der Waals surface area contributed by atoms with Crippen molar-refractivity contribution in [1.82, 2.24) is 10.2 Å². The summed E-state index contributed by atoms with van der Waals surface area (Å²) in [6.07, 6.45) is 0.910. The van der Waals surface area contributed by atoms with E-state index in [0.717, 1.165) is 30.8 Å². The third-order valence-electron chi connectivity index (χ3n) is 4.81. The molecule has 1 atom stereocenters. The van der Waals surface area contributed by atoms with E-state index in [4.69, 9.17) is 9.47 Å². The Morgan fingerprint density at radius 3 is 2.43 bits per heavy atom. The zero-order valence-corrected chi connectivity index (χ0v) is 17.2. The molecular formula is C23H32N2O3. The summed E-state index contributed by atoms with van der Waals surface area (Å²) in [4.78, 5) is 14.6. The van der Waals surface area contributed by atoms with E-state index >= 15 is 0 Å². The summed E-state index contributed by atoms with van der Waals surface area (Å²) >= 11 is 0. The lowest BCUT2D eigenvalue weighted by atomic mass is 10.0. The number of carbonyl (C=O) groups is 1. The normalized spacial score (nSPS) is 12.0. The molecule has 1 amide bonds. The van der Waals surface area contributed by atoms with Crippen LogP contribution in [0.5, 0.6) is 5.75 Å². The molecular weight excluding hydrogens is 352 g/mol. The highest BCUT2D eigenvalue weighted by molar-refractivity contribution is 5.77. The van der Waals surface area contributed by atoms with Gasteiger partial charge in [-0.25, -0.2) is 0 Å². The van der Waals surface area contributed by atoms with Crippen LogP contribution >= 0.6 is 0 Å². The zero-order chi connectivity index (χ0) is 20.2. The van der Waals surface area contributed by atoms with Crippen molar-refractivity contribution in [2.45, 2.75) is 32.9 Å². The van der Waals surface area contributed by atoms with Gasteiger partial charge in [0.15, 0.2) is 0 Å². The van der Waals surface area contributed by atoms with Crippen LogP contribution in [-0.4, -0.2) is 50.2 Å². The number of carbonyl (C=O) groups excluding carboxylic acids is 1. The van der Waals surface area contributed by atoms with E-state index < -0.39 is 0 Å². The molecule has 0 unspecified atom stereocenters. The Morgan fingerprint density at radius 2 is 1.75 bits per heavy atom. The molecule has 2 rings (SSSR count). The van der Waals surface area contributed by atoms with E-state index in [-0.39, 0.29) is 18.6 Å². The highest BCUT2D eigenvalue weighted by atomic mass is 16.5. The summed E-state index contributed by atoms with van der Waals surface area (Å²) in [7, 11) is 1.63. The fourth-order valence-electron chi connectivity index (χ4n) is 3.26. The Bertz CT molecular complexity index is 702. The molecule has 0 aliphatic carbocycles. The fourth-order valence-corrected chi connectivity index (χ4v) is 3.26. The molecule has 0 bridgehead atoms. The molecule has 0 saturated heterocycles. The molecule has 0 aliphatic heterocycles. The van der Waals surface area contributed by atoms with Gasteiger partial charge in [-0.2, -0.15) is 0 Å². The lowest BCUT2D eigenvalue weighted by molar-refractivity contribution is -0.126. The standard InChI is InChI=1S/C23H32N2O3/c1-4-25(5-2)21(14-19-10-7-6-8-11-19)16-24-23(26)18-28-17-20-12-9-13-22(15-20)27-3/h6-13,15,21H,4-5,14,16-18H2,1-3H3,(H,24,26)/t21-/m1/s1. The van der Waals surface area contributed by atoms with Gasteiger partial charge < -0.3 is 14.8 Å². The largest absolute Gasteiger partial charge is 0.497 e. The first-order valence-electron chi connectivity index (χ1n) is 9.91. The van der Waals surface area contributed by atoms with E-state index in [2.05, 4.69) is 48.3 Å². The van der Waals surface area contributed by atoms with Crippen LogP contribution in [0.4, 0.5) is 0 Å². The van der Waals surface area contributed by atoms with Crippen molar-refractivity contribution in [2.75, 3.05) is 33.4 Å². The first kappa shape index (κ1) is 21.9. The van der Waals surface area contributed by atoms with Crippen LogP contribution in [0.25, 0.3) is 0 Å². The third-order valence-corrected chi connectivity index (χ3v) is 4.81. The van der Waals surface area contributed by atoms with Gasteiger partial charge in [0.2, 0.25) is 5.91 Å². The highest BCUT2D eigenvalue weighted by Gasteiger charge is 2.17. The Labute approximate surface area is 168 Å². The number of nitrogens with zero attached hydrogens (tertiary/aromatic N) is 1. The van der Waals surface area contributed by atoms with Gasteiger partial charge in [-0.1, -0.05) is 56.3 Å². The van der Waals surface area contributed by atoms with Gasteiger partial charge in [0.05, 0.1) is 13.7 Å². The Balaban J connectivity index is 1.81. The van der Waals surface area contributed by atoms with Crippen LogP contribution in [0.3, 0.4) is 0 Å². The zero-order valence-electron chi connectivity index (χ0n) is 17.2. The number of rotatable bonds is 12. The number of hydrogen-bond acceptors (Lipinski definition) is 4. The smallest absolute Gasteiger partial charge is 0.246 e. The van der Waals surface area contributed by atoms with Gasteiger partial charge in [-0.05, 0) is 42.8 Å². The summed E-state index contributed by atoms with van der Waals surface area (Å²) in [6, 6.07) is 18.3. The third kappa shape index (κ3) is 7.33. The Kier molecular flexibility index (Phi) is 9.52. The molecule has 0 aromatic heterocycles. The maximum atomic E-state index is 12.2. The first-order chi connectivity index (χ1) is 13.7. The summed E-state index contributed by atoms with van der Waals surface area (Å²) in [5, 5.41) is 3.03. The van der Waals surface area contributed by atoms with Crippen molar-refractivity contribution < 1.29 is 14.3 Å². The van der Waals surface area contributed by atoms with Gasteiger partial charge in [0, 0.05) is 12.6 Å². The highest BCUT2D eigenvalue weighted by Crippen LogP contribution is 2.13. The molecule has 1 N–H and O–H groups in total. The topological polar surface area (TPSA) is 50.8 Å². The Morgan fingerprint density at radius 1 is 1.04 bits per heavy atom. The second-order valence-electron chi connectivity index (χ2n) is 6.71. The van der Waals surface area contributed by atoms with Gasteiger partial charge in [-0.3, -0.25) is 9.69 Å². The van der Waals surface area contributed by atoms with Crippen LogP contribution in [0.2, 0.25) is 0 Å². The summed E-state index contributed by atoms with van der Waals surface area (Å²) in [5.41, 5.74) is 2.26. The predicted octanol–water partition coefficient (Wildman–Crippen LogP) is 3.28. The van der Waals surface area contributed by atoms with Crippen molar-refractivity contribution in [3.63, 3.8) is 0 Å². The van der Waals surface area contributed by atoms with Crippen molar-refractivity contribution >= 4 is 5.91 Å². The second-order valence-corrected chi connectivity index (χ2v) is 6.71. The molecule has 2 aromatic carbocycles. The molecule has 5 heteroatoms. The maximum Gasteiger partial charge on any atom is 0.246 e.